The van der Waals surface area contributed by atoms with Crippen LogP contribution in [0, 0.1) is 0 Å². The smallest absolute Gasteiger partial charge is 0.211 e. The molecule has 0 fully saturated rings. The van der Waals surface area contributed by atoms with Crippen molar-refractivity contribution in [2.24, 2.45) is 0 Å². The molecule has 2 heterocycles. The second-order valence-electron chi connectivity index (χ2n) is 4.98. The van der Waals surface area contributed by atoms with E-state index in [0.29, 0.717) is 12.3 Å². The van der Waals surface area contributed by atoms with E-state index in [1.54, 1.807) is 18.4 Å². The van der Waals surface area contributed by atoms with Gasteiger partial charge in [-0.15, -0.1) is 0 Å². The molecule has 1 aliphatic rings. The van der Waals surface area contributed by atoms with Crippen molar-refractivity contribution in [2.75, 3.05) is 13.1 Å². The Morgan fingerprint density at radius 2 is 2.00 bits per heavy atom. The number of ketones is 1. The van der Waals surface area contributed by atoms with Crippen molar-refractivity contribution in [3.8, 4) is 0 Å². The van der Waals surface area contributed by atoms with Crippen molar-refractivity contribution in [3.05, 3.63) is 59.5 Å². The molecule has 0 unspecified atom stereocenters. The lowest BCUT2D eigenvalue weighted by atomic mass is 10.0. The van der Waals surface area contributed by atoms with Gasteiger partial charge in [0.15, 0.2) is 5.76 Å². The van der Waals surface area contributed by atoms with Crippen LogP contribution < -0.4 is 0 Å². The average Bonchev–Trinajstić information content (AvgIpc) is 2.87. The summed E-state index contributed by atoms with van der Waals surface area (Å²) in [4.78, 5) is 14.3. The van der Waals surface area contributed by atoms with E-state index in [-0.39, 0.29) is 5.78 Å². The Bertz CT molecular complexity index is 560. The predicted octanol–water partition coefficient (Wildman–Crippen LogP) is 2.91. The van der Waals surface area contributed by atoms with Crippen molar-refractivity contribution >= 4 is 5.78 Å². The number of hydrogen-bond donors (Lipinski definition) is 0. The third kappa shape index (κ3) is 2.76. The van der Waals surface area contributed by atoms with Crippen LogP contribution in [0.3, 0.4) is 0 Å². The standard InChI is InChI=1S/C16H17NO2/c18-15(16-8-4-10-19-16)12-17-9-3-7-13-5-1-2-6-14(13)11-17/h1-2,4-6,8,10H,3,7,9,11-12H2. The molecule has 0 amide bonds. The molecular formula is C16H17NO2. The first-order valence-corrected chi connectivity index (χ1v) is 6.69. The summed E-state index contributed by atoms with van der Waals surface area (Å²) >= 11 is 0. The van der Waals surface area contributed by atoms with Gasteiger partial charge in [0.05, 0.1) is 12.8 Å². The summed E-state index contributed by atoms with van der Waals surface area (Å²) in [5, 5.41) is 0. The molecule has 0 aliphatic carbocycles. The van der Waals surface area contributed by atoms with Crippen molar-refractivity contribution in [3.63, 3.8) is 0 Å². The van der Waals surface area contributed by atoms with Gasteiger partial charge in [0, 0.05) is 6.54 Å². The topological polar surface area (TPSA) is 33.5 Å². The third-order valence-electron chi connectivity index (χ3n) is 3.60. The van der Waals surface area contributed by atoms with Gasteiger partial charge in [-0.2, -0.15) is 0 Å². The van der Waals surface area contributed by atoms with E-state index in [9.17, 15) is 4.79 Å². The van der Waals surface area contributed by atoms with Crippen molar-refractivity contribution in [1.29, 1.82) is 0 Å². The van der Waals surface area contributed by atoms with E-state index in [1.807, 2.05) is 0 Å². The Morgan fingerprint density at radius 3 is 2.79 bits per heavy atom. The monoisotopic (exact) mass is 255 g/mol. The van der Waals surface area contributed by atoms with E-state index >= 15 is 0 Å². The Kier molecular flexibility index (Phi) is 3.47. The van der Waals surface area contributed by atoms with Gasteiger partial charge in [-0.25, -0.2) is 0 Å². The van der Waals surface area contributed by atoms with Crippen molar-refractivity contribution in [2.45, 2.75) is 19.4 Å². The minimum absolute atomic E-state index is 0.0596. The number of nitrogens with zero attached hydrogens (tertiary/aromatic N) is 1. The summed E-state index contributed by atoms with van der Waals surface area (Å²) < 4.78 is 5.16. The van der Waals surface area contributed by atoms with Crippen LogP contribution in [0.15, 0.2) is 47.1 Å². The van der Waals surface area contributed by atoms with Crippen LogP contribution in [0.1, 0.15) is 28.1 Å². The molecule has 0 N–H and O–H groups in total. The number of hydrogen-bond acceptors (Lipinski definition) is 3. The molecule has 19 heavy (non-hydrogen) atoms. The van der Waals surface area contributed by atoms with Gasteiger partial charge < -0.3 is 4.42 Å². The molecule has 2 aromatic rings. The third-order valence-corrected chi connectivity index (χ3v) is 3.60. The number of fused-ring (bicyclic) bond motifs is 1. The maximum atomic E-state index is 12.1. The van der Waals surface area contributed by atoms with Gasteiger partial charge in [0.2, 0.25) is 5.78 Å². The second kappa shape index (κ2) is 5.41. The lowest BCUT2D eigenvalue weighted by Gasteiger charge is -2.18. The molecule has 3 rings (SSSR count). The van der Waals surface area contributed by atoms with Gasteiger partial charge >= 0.3 is 0 Å². The second-order valence-corrected chi connectivity index (χ2v) is 4.98. The van der Waals surface area contributed by atoms with E-state index in [0.717, 1.165) is 25.9 Å². The van der Waals surface area contributed by atoms with Gasteiger partial charge in [0.25, 0.3) is 0 Å². The summed E-state index contributed by atoms with van der Waals surface area (Å²) in [6, 6.07) is 12.0. The highest BCUT2D eigenvalue weighted by molar-refractivity contribution is 5.94. The SMILES string of the molecule is O=C(CN1CCCc2ccccc2C1)c1ccco1. The molecule has 1 aromatic carbocycles. The molecule has 1 aliphatic heterocycles. The highest BCUT2D eigenvalue weighted by Gasteiger charge is 2.18. The van der Waals surface area contributed by atoms with Crippen molar-refractivity contribution in [1.82, 2.24) is 4.90 Å². The Labute approximate surface area is 112 Å². The minimum atomic E-state index is 0.0596. The zero-order valence-electron chi connectivity index (χ0n) is 10.8. The Balaban J connectivity index is 1.71. The summed E-state index contributed by atoms with van der Waals surface area (Å²) in [7, 11) is 0. The maximum Gasteiger partial charge on any atom is 0.211 e. The minimum Gasteiger partial charge on any atom is -0.461 e. The predicted molar refractivity (Wildman–Crippen MR) is 73.1 cm³/mol. The highest BCUT2D eigenvalue weighted by Crippen LogP contribution is 2.18. The Morgan fingerprint density at radius 1 is 1.16 bits per heavy atom. The first-order valence-electron chi connectivity index (χ1n) is 6.69. The first kappa shape index (κ1) is 12.2. The highest BCUT2D eigenvalue weighted by atomic mass is 16.3. The Hall–Kier alpha value is -1.87. The molecule has 3 heteroatoms. The molecule has 0 saturated heterocycles. The molecule has 3 nitrogen and oxygen atoms in total. The summed E-state index contributed by atoms with van der Waals surface area (Å²) in [5.74, 6) is 0.516. The van der Waals surface area contributed by atoms with E-state index < -0.39 is 0 Å². The number of rotatable bonds is 3. The fraction of sp³-hybridized carbons (Fsp3) is 0.312. The van der Waals surface area contributed by atoms with Crippen molar-refractivity contribution < 1.29 is 9.21 Å². The van der Waals surface area contributed by atoms with Crippen LogP contribution in [0.25, 0.3) is 0 Å². The molecule has 98 valence electrons. The van der Waals surface area contributed by atoms with Crippen LogP contribution in [-0.2, 0) is 13.0 Å². The number of carbonyl (C=O) groups is 1. The fourth-order valence-electron chi connectivity index (χ4n) is 2.62. The number of Topliss-reactive ketones (excluding diaryl/α,β-unsaturated/α-hetero) is 1. The molecule has 0 saturated carbocycles. The van der Waals surface area contributed by atoms with E-state index in [1.165, 1.54) is 11.1 Å². The van der Waals surface area contributed by atoms with Crippen LogP contribution in [-0.4, -0.2) is 23.8 Å². The van der Waals surface area contributed by atoms with Gasteiger partial charge in [0.1, 0.15) is 0 Å². The first-order chi connectivity index (χ1) is 9.33. The van der Waals surface area contributed by atoms with Crippen LogP contribution in [0.2, 0.25) is 0 Å². The average molecular weight is 255 g/mol. The number of furan rings is 1. The molecule has 0 bridgehead atoms. The zero-order valence-corrected chi connectivity index (χ0v) is 10.8. The van der Waals surface area contributed by atoms with Crippen LogP contribution in [0.4, 0.5) is 0 Å². The number of aryl methyl sites for hydroxylation is 1. The van der Waals surface area contributed by atoms with E-state index in [4.69, 9.17) is 4.42 Å². The molecule has 0 spiro atoms. The summed E-state index contributed by atoms with van der Waals surface area (Å²) in [6.07, 6.45) is 3.75. The maximum absolute atomic E-state index is 12.1. The van der Waals surface area contributed by atoms with Crippen LogP contribution in [0.5, 0.6) is 0 Å². The quantitative estimate of drug-likeness (QED) is 0.791. The van der Waals surface area contributed by atoms with Gasteiger partial charge in [-0.1, -0.05) is 24.3 Å². The molecular weight excluding hydrogens is 238 g/mol. The molecule has 0 atom stereocenters. The van der Waals surface area contributed by atoms with E-state index in [2.05, 4.69) is 29.2 Å². The zero-order chi connectivity index (χ0) is 13.1. The lowest BCUT2D eigenvalue weighted by molar-refractivity contribution is 0.0899. The normalized spacial score (nSPS) is 15.8. The lowest BCUT2D eigenvalue weighted by Crippen LogP contribution is -2.29. The van der Waals surface area contributed by atoms with Gasteiger partial charge in [-0.3, -0.25) is 9.69 Å². The molecule has 0 radical (unpaired) electrons. The summed E-state index contributed by atoms with van der Waals surface area (Å²) in [5.41, 5.74) is 2.75. The summed E-state index contributed by atoms with van der Waals surface area (Å²) in [6.45, 7) is 2.24. The van der Waals surface area contributed by atoms with Crippen LogP contribution >= 0.6 is 0 Å². The number of carbonyl (C=O) groups excluding carboxylic acids is 1. The fourth-order valence-corrected chi connectivity index (χ4v) is 2.62. The number of benzene rings is 1. The van der Waals surface area contributed by atoms with Gasteiger partial charge in [-0.05, 0) is 42.6 Å². The molecule has 1 aromatic heterocycles. The largest absolute Gasteiger partial charge is 0.461 e.